The van der Waals surface area contributed by atoms with Gasteiger partial charge in [-0.05, 0) is 117 Å². The maximum Gasteiger partial charge on any atom is 0.343 e. The number of nitrogens with one attached hydrogen (secondary N) is 1. The fraction of sp³-hybridized carbons (Fsp3) is 0.367. The monoisotopic (exact) mass is 864 g/mol. The zero-order valence-electron chi connectivity index (χ0n) is 35.4. The lowest BCUT2D eigenvalue weighted by Gasteiger charge is -2.29. The SMILES string of the molecule is C=CC(=O)OCCCCOCC(COc1ccc(C(=O)Oc2ccc(C3CCC(CCC)CC3)cc2/C=C/C(=C)Nc2nc3ccccc3s2)cc1)OC(=O)CCOC(=O)C=C. The molecule has 1 N–H and O–H groups in total. The standard InChI is InChI=1S/C49H56N2O10S/c1-5-12-35-16-19-36(20-17-35)38-23-26-43(39(31-38)18-15-34(4)50-49-51-42-13-8-9-14-44(42)62-49)61-48(55)37-21-24-40(25-22-37)59-33-41(60-47(54)27-30-58-46(53)7-3)32-56-28-10-11-29-57-45(52)6-2/h6-9,13-15,18,21-26,31,35-36,41H,2-5,10-12,16-17,19-20,27-30,32-33H2,1H3,(H,50,51)/b18-15+. The van der Waals surface area contributed by atoms with Crippen LogP contribution < -0.4 is 14.8 Å². The predicted molar refractivity (Wildman–Crippen MR) is 241 cm³/mol. The van der Waals surface area contributed by atoms with E-state index in [1.807, 2.05) is 42.5 Å². The zero-order chi connectivity index (χ0) is 44.1. The van der Waals surface area contributed by atoms with Gasteiger partial charge < -0.3 is 33.7 Å². The van der Waals surface area contributed by atoms with E-state index in [0.717, 1.165) is 51.8 Å². The number of thiazole rings is 1. The first-order chi connectivity index (χ1) is 30.1. The molecular formula is C49H56N2O10S. The number of fused-ring (bicyclic) bond motifs is 1. The fourth-order valence-electron chi connectivity index (χ4n) is 6.97. The third kappa shape index (κ3) is 15.4. The average molecular weight is 865 g/mol. The largest absolute Gasteiger partial charge is 0.490 e. The van der Waals surface area contributed by atoms with Crippen LogP contribution >= 0.6 is 11.3 Å². The quantitative estimate of drug-likeness (QED) is 0.0169. The summed E-state index contributed by atoms with van der Waals surface area (Å²) in [6.07, 6.45) is 13.3. The van der Waals surface area contributed by atoms with Crippen LogP contribution in [-0.4, -0.2) is 68.0 Å². The van der Waals surface area contributed by atoms with Crippen molar-refractivity contribution in [3.63, 3.8) is 0 Å². The first-order valence-corrected chi connectivity index (χ1v) is 21.9. The Hall–Kier alpha value is -6.05. The van der Waals surface area contributed by atoms with Crippen molar-refractivity contribution in [2.24, 2.45) is 5.92 Å². The normalized spacial score (nSPS) is 15.3. The van der Waals surface area contributed by atoms with Crippen LogP contribution in [-0.2, 0) is 33.3 Å². The highest BCUT2D eigenvalue weighted by Crippen LogP contribution is 2.39. The number of esters is 4. The molecule has 1 atom stereocenters. The van der Waals surface area contributed by atoms with Crippen LogP contribution in [0.25, 0.3) is 16.3 Å². The number of anilines is 1. The van der Waals surface area contributed by atoms with E-state index in [4.69, 9.17) is 28.4 Å². The molecular weight excluding hydrogens is 809 g/mol. The Balaban J connectivity index is 1.21. The van der Waals surface area contributed by atoms with Crippen molar-refractivity contribution in [2.45, 2.75) is 76.7 Å². The summed E-state index contributed by atoms with van der Waals surface area (Å²) in [4.78, 5) is 53.3. The summed E-state index contributed by atoms with van der Waals surface area (Å²) < 4.78 is 34.2. The lowest BCUT2D eigenvalue weighted by atomic mass is 9.77. The van der Waals surface area contributed by atoms with E-state index >= 15 is 0 Å². The molecule has 12 nitrogen and oxygen atoms in total. The summed E-state index contributed by atoms with van der Waals surface area (Å²) >= 11 is 1.55. The molecule has 1 aromatic heterocycles. The van der Waals surface area contributed by atoms with Gasteiger partial charge in [0.15, 0.2) is 11.2 Å². The van der Waals surface area contributed by atoms with Crippen LogP contribution in [0.5, 0.6) is 11.5 Å². The van der Waals surface area contributed by atoms with Gasteiger partial charge in [0.1, 0.15) is 24.7 Å². The second-order valence-corrected chi connectivity index (χ2v) is 15.9. The van der Waals surface area contributed by atoms with Crippen LogP contribution in [0.4, 0.5) is 5.13 Å². The van der Waals surface area contributed by atoms with Crippen molar-refractivity contribution in [1.29, 1.82) is 0 Å². The Morgan fingerprint density at radius 3 is 2.34 bits per heavy atom. The maximum absolute atomic E-state index is 13.6. The Morgan fingerprint density at radius 1 is 0.887 bits per heavy atom. The Kier molecular flexibility index (Phi) is 19.0. The molecule has 0 amide bonds. The fourth-order valence-corrected chi connectivity index (χ4v) is 7.87. The molecule has 0 spiro atoms. The molecule has 3 aromatic carbocycles. The molecule has 1 saturated carbocycles. The molecule has 1 heterocycles. The van der Waals surface area contributed by atoms with Gasteiger partial charge in [0.2, 0.25) is 0 Å². The Morgan fingerprint density at radius 2 is 1.61 bits per heavy atom. The van der Waals surface area contributed by atoms with Gasteiger partial charge >= 0.3 is 23.9 Å². The van der Waals surface area contributed by atoms with E-state index in [-0.39, 0.29) is 32.8 Å². The van der Waals surface area contributed by atoms with E-state index in [1.165, 1.54) is 31.2 Å². The molecule has 1 aliphatic rings. The number of allylic oxidation sites excluding steroid dienone is 1. The number of unbranched alkanes of at least 4 members (excludes halogenated alkanes) is 1. The van der Waals surface area contributed by atoms with Crippen molar-refractivity contribution in [3.05, 3.63) is 127 Å². The van der Waals surface area contributed by atoms with Gasteiger partial charge in [-0.25, -0.2) is 19.4 Å². The predicted octanol–water partition coefficient (Wildman–Crippen LogP) is 10.2. The molecule has 0 bridgehead atoms. The highest BCUT2D eigenvalue weighted by atomic mass is 32.1. The van der Waals surface area contributed by atoms with Crippen molar-refractivity contribution < 1.29 is 47.6 Å². The van der Waals surface area contributed by atoms with Crippen molar-refractivity contribution >= 4 is 56.6 Å². The number of nitrogens with zero attached hydrogens (tertiary/aromatic N) is 1. The molecule has 1 aliphatic carbocycles. The highest BCUT2D eigenvalue weighted by molar-refractivity contribution is 7.22. The number of ether oxygens (including phenoxy) is 6. The van der Waals surface area contributed by atoms with Crippen molar-refractivity contribution in [2.75, 3.05) is 38.4 Å². The average Bonchev–Trinajstić information content (AvgIpc) is 3.70. The minimum Gasteiger partial charge on any atom is -0.490 e. The zero-order valence-corrected chi connectivity index (χ0v) is 36.2. The molecule has 4 aromatic rings. The number of hydrogen-bond acceptors (Lipinski definition) is 13. The van der Waals surface area contributed by atoms with Gasteiger partial charge in [-0.15, -0.1) is 0 Å². The van der Waals surface area contributed by atoms with Gasteiger partial charge in [0.25, 0.3) is 0 Å². The number of aromatic nitrogens is 1. The van der Waals surface area contributed by atoms with Gasteiger partial charge in [0.05, 0.1) is 35.4 Å². The number of rotatable bonds is 25. The molecule has 0 saturated heterocycles. The number of hydrogen-bond donors (Lipinski definition) is 1. The lowest BCUT2D eigenvalue weighted by Crippen LogP contribution is -2.30. The summed E-state index contributed by atoms with van der Waals surface area (Å²) in [6.45, 7) is 13.5. The molecule has 13 heteroatoms. The van der Waals surface area contributed by atoms with E-state index in [1.54, 1.807) is 35.6 Å². The summed E-state index contributed by atoms with van der Waals surface area (Å²) in [6, 6.07) is 20.5. The summed E-state index contributed by atoms with van der Waals surface area (Å²) in [5.41, 5.74) is 3.86. The smallest absolute Gasteiger partial charge is 0.343 e. The second kappa shape index (κ2) is 25.0. The first-order valence-electron chi connectivity index (χ1n) is 21.1. The van der Waals surface area contributed by atoms with Gasteiger partial charge in [-0.3, -0.25) is 4.79 Å². The Bertz CT molecular complexity index is 2140. The summed E-state index contributed by atoms with van der Waals surface area (Å²) in [5.74, 6) is -0.215. The molecule has 62 heavy (non-hydrogen) atoms. The van der Waals surface area contributed by atoms with Crippen LogP contribution in [0.1, 0.15) is 92.1 Å². The minimum absolute atomic E-state index is 0.0239. The number of benzene rings is 3. The van der Waals surface area contributed by atoms with Crippen LogP contribution in [0.15, 0.2) is 110 Å². The van der Waals surface area contributed by atoms with E-state index in [0.29, 0.717) is 48.1 Å². The lowest BCUT2D eigenvalue weighted by molar-refractivity contribution is -0.156. The number of carbonyl (C=O) groups excluding carboxylic acids is 4. The van der Waals surface area contributed by atoms with Crippen LogP contribution in [0.2, 0.25) is 0 Å². The summed E-state index contributed by atoms with van der Waals surface area (Å²) in [7, 11) is 0. The molecule has 5 rings (SSSR count). The molecule has 0 aliphatic heterocycles. The van der Waals surface area contributed by atoms with Gasteiger partial charge in [-0.1, -0.05) is 69.0 Å². The minimum atomic E-state index is -0.797. The second-order valence-electron chi connectivity index (χ2n) is 14.9. The molecule has 0 radical (unpaired) electrons. The topological polar surface area (TPSA) is 149 Å². The van der Waals surface area contributed by atoms with E-state index in [9.17, 15) is 19.2 Å². The van der Waals surface area contributed by atoms with Crippen LogP contribution in [0, 0.1) is 5.92 Å². The Labute approximate surface area is 367 Å². The van der Waals surface area contributed by atoms with E-state index in [2.05, 4.69) is 49.1 Å². The van der Waals surface area contributed by atoms with Gasteiger partial charge in [0, 0.05) is 30.0 Å². The van der Waals surface area contributed by atoms with E-state index < -0.39 is 30.0 Å². The molecule has 328 valence electrons. The van der Waals surface area contributed by atoms with Crippen molar-refractivity contribution in [3.8, 4) is 11.5 Å². The maximum atomic E-state index is 13.6. The number of carbonyl (C=O) groups is 4. The van der Waals surface area contributed by atoms with Gasteiger partial charge in [-0.2, -0.15) is 0 Å². The summed E-state index contributed by atoms with van der Waals surface area (Å²) in [5, 5.41) is 4.03. The number of para-hydroxylation sites is 1. The van der Waals surface area contributed by atoms with Crippen LogP contribution in [0.3, 0.4) is 0 Å². The highest BCUT2D eigenvalue weighted by Gasteiger charge is 2.23. The van der Waals surface area contributed by atoms with Crippen molar-refractivity contribution in [1.82, 2.24) is 4.98 Å². The molecule has 1 unspecified atom stereocenters. The first kappa shape index (κ1) is 47.0. The molecule has 1 fully saturated rings. The third-order valence-electron chi connectivity index (χ3n) is 10.2. The third-order valence-corrected chi connectivity index (χ3v) is 11.2.